The van der Waals surface area contributed by atoms with Crippen LogP contribution in [0.2, 0.25) is 0 Å². The second kappa shape index (κ2) is 17.1. The molecule has 0 bridgehead atoms. The summed E-state index contributed by atoms with van der Waals surface area (Å²) in [6.07, 6.45) is 20.9. The van der Waals surface area contributed by atoms with Gasteiger partial charge in [0.1, 0.15) is 0 Å². The van der Waals surface area contributed by atoms with Gasteiger partial charge in [0.2, 0.25) is 0 Å². The third kappa shape index (κ3) is 9.36. The molecule has 4 rings (SSSR count). The third-order valence-electron chi connectivity index (χ3n) is 11.3. The van der Waals surface area contributed by atoms with E-state index in [1.165, 1.54) is 22.3 Å². The van der Waals surface area contributed by atoms with Crippen LogP contribution in [0.25, 0.3) is 0 Å². The maximum absolute atomic E-state index is 14.7. The molecule has 0 aromatic heterocycles. The van der Waals surface area contributed by atoms with Gasteiger partial charge in [-0.3, -0.25) is 4.79 Å². The zero-order valence-electron chi connectivity index (χ0n) is 29.9. The highest BCUT2D eigenvalue weighted by Gasteiger charge is 2.68. The molecule has 3 nitrogen and oxygen atoms in total. The fourth-order valence-electron chi connectivity index (χ4n) is 8.27. The summed E-state index contributed by atoms with van der Waals surface area (Å²) in [5.74, 6) is 2.68. The molecule has 0 radical (unpaired) electrons. The topological polar surface area (TPSA) is 49.3 Å². The summed E-state index contributed by atoms with van der Waals surface area (Å²) in [6.45, 7) is 33.2. The summed E-state index contributed by atoms with van der Waals surface area (Å²) in [7, 11) is 0. The molecule has 0 aromatic rings. The second-order valence-electron chi connectivity index (χ2n) is 15.8. The number of hydrogen-bond acceptors (Lipinski definition) is 3. The number of carbonyl (C=O) groups excluding carboxylic acids is 1. The van der Waals surface area contributed by atoms with E-state index < -0.39 is 0 Å². The van der Waals surface area contributed by atoms with Crippen molar-refractivity contribution in [1.82, 2.24) is 5.32 Å². The average Bonchev–Trinajstić information content (AvgIpc) is 3.27. The van der Waals surface area contributed by atoms with E-state index >= 15 is 0 Å². The van der Waals surface area contributed by atoms with Crippen LogP contribution in [0.1, 0.15) is 120 Å². The highest BCUT2D eigenvalue weighted by molar-refractivity contribution is 5.88. The molecule has 0 amide bonds. The number of nitrogens with one attached hydrogen (secondary N) is 1. The summed E-state index contributed by atoms with van der Waals surface area (Å²) in [4.78, 5) is 14.7. The molecule has 46 heavy (non-hydrogen) atoms. The third-order valence-corrected chi connectivity index (χ3v) is 11.3. The monoisotopic (exact) mass is 632 g/mol. The Kier molecular flexibility index (Phi) is 14.8. The van der Waals surface area contributed by atoms with Crippen molar-refractivity contribution < 1.29 is 9.90 Å². The van der Waals surface area contributed by atoms with E-state index in [0.717, 1.165) is 69.9 Å². The van der Waals surface area contributed by atoms with Crippen molar-refractivity contribution in [2.24, 2.45) is 46.3 Å². The highest BCUT2D eigenvalue weighted by Crippen LogP contribution is 2.72. The highest BCUT2D eigenvalue weighted by atomic mass is 16.2. The number of Topliss-reactive ketones (excluding diaryl/α,β-unsaturated/α-hetero) is 1. The summed E-state index contributed by atoms with van der Waals surface area (Å²) in [5.41, 5.74) is 6.64. The zero-order chi connectivity index (χ0) is 33.5. The molecule has 0 aromatic carbocycles. The van der Waals surface area contributed by atoms with Gasteiger partial charge in [-0.15, -0.1) is 6.58 Å². The van der Waals surface area contributed by atoms with Gasteiger partial charge in [-0.05, 0) is 104 Å². The second-order valence-corrected chi connectivity index (χ2v) is 15.8. The van der Waals surface area contributed by atoms with Gasteiger partial charge in [0.25, 0.3) is 0 Å². The first-order chi connectivity index (χ1) is 21.2. The van der Waals surface area contributed by atoms with Gasteiger partial charge in [0.05, 0.1) is 6.04 Å². The van der Waals surface area contributed by atoms with Crippen molar-refractivity contribution in [2.75, 3.05) is 6.61 Å². The van der Waals surface area contributed by atoms with Crippen LogP contribution in [0, 0.1) is 46.3 Å². The first kappa shape index (κ1) is 39.8. The molecule has 0 saturated heterocycles. The minimum atomic E-state index is -0.205. The number of ketones is 1. The van der Waals surface area contributed by atoms with Crippen molar-refractivity contribution in [3.8, 4) is 0 Å². The summed E-state index contributed by atoms with van der Waals surface area (Å²) in [6, 6.07) is -0.205. The Morgan fingerprint density at radius 1 is 1.11 bits per heavy atom. The van der Waals surface area contributed by atoms with Gasteiger partial charge in [-0.1, -0.05) is 124 Å². The Bertz CT molecular complexity index is 1160. The van der Waals surface area contributed by atoms with Crippen LogP contribution in [0.3, 0.4) is 0 Å². The fourth-order valence-corrected chi connectivity index (χ4v) is 8.27. The normalized spacial score (nSPS) is 25.6. The Morgan fingerprint density at radius 2 is 1.72 bits per heavy atom. The largest absolute Gasteiger partial charge is 0.396 e. The maximum Gasteiger partial charge on any atom is 0.158 e. The molecule has 0 heterocycles. The average molecular weight is 632 g/mol. The van der Waals surface area contributed by atoms with Gasteiger partial charge in [-0.25, -0.2) is 0 Å². The van der Waals surface area contributed by atoms with Crippen LogP contribution in [0.5, 0.6) is 0 Å². The van der Waals surface area contributed by atoms with E-state index in [1.54, 1.807) is 6.08 Å². The van der Waals surface area contributed by atoms with Gasteiger partial charge < -0.3 is 10.4 Å². The Balaban J connectivity index is 0.000000960. The lowest BCUT2D eigenvalue weighted by molar-refractivity contribution is -0.127. The van der Waals surface area contributed by atoms with Crippen LogP contribution in [-0.4, -0.2) is 23.5 Å². The van der Waals surface area contributed by atoms with E-state index in [1.807, 2.05) is 0 Å². The summed E-state index contributed by atoms with van der Waals surface area (Å²) in [5, 5.41) is 11.9. The van der Waals surface area contributed by atoms with Crippen LogP contribution in [-0.2, 0) is 4.79 Å². The molecule has 0 aliphatic heterocycles. The first-order valence-corrected chi connectivity index (χ1v) is 17.8. The van der Waals surface area contributed by atoms with Crippen molar-refractivity contribution in [3.05, 3.63) is 84.7 Å². The predicted octanol–water partition coefficient (Wildman–Crippen LogP) is 11.1. The number of aliphatic hydroxyl groups excluding tert-OH is 1. The minimum Gasteiger partial charge on any atom is -0.396 e. The molecular weight excluding hydrogens is 562 g/mol. The van der Waals surface area contributed by atoms with Gasteiger partial charge in [0, 0.05) is 23.6 Å². The smallest absolute Gasteiger partial charge is 0.158 e. The standard InChI is InChI=1S/C37H55NO.C5H10O.CH4/c1-11-16-26(23(3)12-2)19-24(4)32-30(22-31-33(32)37(31,9)10)35(39)34(38-25(5)36(6,7)8)29-20-27-17-14-13-15-18-28(27)21-29;1-2-3-4-5-6;/h14-15,17-18,26,29-34,38H,3-5,11-13,16,19-22H2,1-2,6-10H3;2,6H,1,3-5H2;1H4. The van der Waals surface area contributed by atoms with Crippen molar-refractivity contribution in [2.45, 2.75) is 126 Å². The Morgan fingerprint density at radius 3 is 2.20 bits per heavy atom. The van der Waals surface area contributed by atoms with E-state index in [0.29, 0.717) is 29.0 Å². The Hall–Kier alpha value is -2.39. The first-order valence-electron chi connectivity index (χ1n) is 17.8. The molecule has 2 fully saturated rings. The number of unbranched alkanes of at least 4 members (excludes halogenated alkanes) is 1. The minimum absolute atomic E-state index is 0. The molecule has 0 spiro atoms. The van der Waals surface area contributed by atoms with Crippen LogP contribution in [0.15, 0.2) is 84.7 Å². The zero-order valence-corrected chi connectivity index (χ0v) is 29.9. The fraction of sp³-hybridized carbons (Fsp3) is 0.651. The number of allylic oxidation sites excluding steroid dienone is 10. The molecule has 258 valence electrons. The number of fused-ring (bicyclic) bond motifs is 1. The lowest BCUT2D eigenvalue weighted by atomic mass is 9.72. The molecule has 3 heteroatoms. The van der Waals surface area contributed by atoms with Crippen molar-refractivity contribution in [1.29, 1.82) is 0 Å². The van der Waals surface area contributed by atoms with Gasteiger partial charge >= 0.3 is 0 Å². The number of carbonyl (C=O) groups is 1. The summed E-state index contributed by atoms with van der Waals surface area (Å²) >= 11 is 0. The van der Waals surface area contributed by atoms with E-state index in [2.05, 4.69) is 97.8 Å². The predicted molar refractivity (Wildman–Crippen MR) is 200 cm³/mol. The maximum atomic E-state index is 14.7. The van der Waals surface area contributed by atoms with Crippen LogP contribution >= 0.6 is 0 Å². The lowest BCUT2D eigenvalue weighted by Gasteiger charge is -2.36. The molecule has 6 atom stereocenters. The van der Waals surface area contributed by atoms with Gasteiger partial charge in [-0.2, -0.15) is 0 Å². The number of aliphatic hydroxyl groups is 1. The SMILES string of the molecule is C.C=C(CC)C(CCC)CC(=C)C1C(C(=O)C(NC(=C)C(C)(C)C)C2CC3=C(C=CCC=C3)C2)CC2C1C2(C)C.C=CCCCO. The number of hydrogen-bond donors (Lipinski definition) is 2. The van der Waals surface area contributed by atoms with Crippen molar-refractivity contribution in [3.63, 3.8) is 0 Å². The number of rotatable bonds is 15. The molecule has 6 unspecified atom stereocenters. The Labute approximate surface area is 284 Å². The van der Waals surface area contributed by atoms with Crippen LogP contribution in [0.4, 0.5) is 0 Å². The van der Waals surface area contributed by atoms with Crippen molar-refractivity contribution >= 4 is 5.78 Å². The van der Waals surface area contributed by atoms with Gasteiger partial charge in [0.15, 0.2) is 5.78 Å². The molecule has 4 aliphatic carbocycles. The van der Waals surface area contributed by atoms with E-state index in [4.69, 9.17) is 11.7 Å². The molecular formula is C43H69NO2. The van der Waals surface area contributed by atoms with E-state index in [-0.39, 0.29) is 43.2 Å². The lowest BCUT2D eigenvalue weighted by Crippen LogP contribution is -2.48. The molecule has 4 aliphatic rings. The molecule has 2 N–H and O–H groups in total. The van der Waals surface area contributed by atoms with Crippen LogP contribution < -0.4 is 5.32 Å². The summed E-state index contributed by atoms with van der Waals surface area (Å²) < 4.78 is 0. The quantitative estimate of drug-likeness (QED) is 0.140. The van der Waals surface area contributed by atoms with E-state index in [9.17, 15) is 4.79 Å². The molecule has 2 saturated carbocycles.